The lowest BCUT2D eigenvalue weighted by molar-refractivity contribution is -0.132. The highest BCUT2D eigenvalue weighted by atomic mass is 32.2. The van der Waals surface area contributed by atoms with E-state index in [-0.39, 0.29) is 30.4 Å². The zero-order valence-corrected chi connectivity index (χ0v) is 14.5. The summed E-state index contributed by atoms with van der Waals surface area (Å²) < 4.78 is 48.2. The number of likely N-dealkylation sites (tertiary alicyclic amines) is 1. The maximum absolute atomic E-state index is 12.2. The summed E-state index contributed by atoms with van der Waals surface area (Å²) in [6.07, 6.45) is 4.60. The van der Waals surface area contributed by atoms with Crippen molar-refractivity contribution in [3.8, 4) is 0 Å². The van der Waals surface area contributed by atoms with E-state index in [0.717, 1.165) is 38.6 Å². The molecule has 0 aromatic rings. The molecule has 2 heterocycles. The highest BCUT2D eigenvalue weighted by Crippen LogP contribution is 2.21. The number of rotatable bonds is 5. The van der Waals surface area contributed by atoms with Crippen molar-refractivity contribution in [2.45, 2.75) is 38.1 Å². The van der Waals surface area contributed by atoms with E-state index in [1.807, 2.05) is 0 Å². The molecule has 0 N–H and O–H groups in total. The predicted octanol–water partition coefficient (Wildman–Crippen LogP) is -0.162. The van der Waals surface area contributed by atoms with Crippen molar-refractivity contribution < 1.29 is 21.6 Å². The normalized spacial score (nSPS) is 25.5. The number of hydrogen-bond acceptors (Lipinski definition) is 5. The van der Waals surface area contributed by atoms with Gasteiger partial charge in [0.2, 0.25) is 15.9 Å². The van der Waals surface area contributed by atoms with Crippen molar-refractivity contribution in [1.82, 2.24) is 9.21 Å². The van der Waals surface area contributed by atoms with Crippen LogP contribution < -0.4 is 0 Å². The molecular formula is C13H24N2O5S2. The Bertz CT molecular complexity index is 608. The summed E-state index contributed by atoms with van der Waals surface area (Å²) in [7, 11) is -6.69. The van der Waals surface area contributed by atoms with Gasteiger partial charge in [0.25, 0.3) is 0 Å². The van der Waals surface area contributed by atoms with Gasteiger partial charge in [-0.25, -0.2) is 16.8 Å². The van der Waals surface area contributed by atoms with Gasteiger partial charge in [-0.1, -0.05) is 0 Å². The van der Waals surface area contributed by atoms with Crippen LogP contribution in [-0.4, -0.2) is 75.4 Å². The SMILES string of the molecule is CS(=O)(=O)N(CCC(=O)N1CCCCC1)C1CCS(=O)(=O)C1. The standard InChI is InChI=1S/C13H24N2O5S2/c1-21(17,18)15(12-6-10-22(19,20)11-12)9-5-13(16)14-7-3-2-4-8-14/h12H,2-11H2,1H3. The van der Waals surface area contributed by atoms with Crippen LogP contribution in [0.25, 0.3) is 0 Å². The largest absolute Gasteiger partial charge is 0.343 e. The van der Waals surface area contributed by atoms with Crippen molar-refractivity contribution in [3.63, 3.8) is 0 Å². The van der Waals surface area contributed by atoms with Crippen molar-refractivity contribution in [2.24, 2.45) is 0 Å². The second-order valence-electron chi connectivity index (χ2n) is 6.12. The number of sulfonamides is 1. The molecule has 0 aliphatic carbocycles. The first-order valence-corrected chi connectivity index (χ1v) is 11.3. The van der Waals surface area contributed by atoms with Gasteiger partial charge >= 0.3 is 0 Å². The first kappa shape index (κ1) is 17.7. The maximum Gasteiger partial charge on any atom is 0.223 e. The number of nitrogens with zero attached hydrogens (tertiary/aromatic N) is 2. The van der Waals surface area contributed by atoms with Gasteiger partial charge in [0.1, 0.15) is 0 Å². The summed E-state index contributed by atoms with van der Waals surface area (Å²) in [6.45, 7) is 1.53. The van der Waals surface area contributed by atoms with E-state index in [4.69, 9.17) is 0 Å². The van der Waals surface area contributed by atoms with Crippen molar-refractivity contribution in [3.05, 3.63) is 0 Å². The summed E-state index contributed by atoms with van der Waals surface area (Å²) in [6, 6.07) is -0.533. The molecule has 2 aliphatic heterocycles. The van der Waals surface area contributed by atoms with Crippen molar-refractivity contribution in [2.75, 3.05) is 37.4 Å². The molecular weight excluding hydrogens is 328 g/mol. The number of sulfone groups is 1. The molecule has 0 aromatic heterocycles. The summed E-state index contributed by atoms with van der Waals surface area (Å²) in [5, 5.41) is 0. The molecule has 22 heavy (non-hydrogen) atoms. The van der Waals surface area contributed by atoms with Gasteiger partial charge in [-0.15, -0.1) is 0 Å². The monoisotopic (exact) mass is 352 g/mol. The number of piperidine rings is 1. The van der Waals surface area contributed by atoms with E-state index < -0.39 is 25.9 Å². The molecule has 1 unspecified atom stereocenters. The van der Waals surface area contributed by atoms with Gasteiger partial charge in [0, 0.05) is 32.1 Å². The van der Waals surface area contributed by atoms with Gasteiger partial charge in [0.05, 0.1) is 17.8 Å². The average molecular weight is 352 g/mol. The molecule has 0 saturated carbocycles. The molecule has 0 radical (unpaired) electrons. The van der Waals surface area contributed by atoms with Crippen LogP contribution in [0.3, 0.4) is 0 Å². The second kappa shape index (κ2) is 6.84. The smallest absolute Gasteiger partial charge is 0.223 e. The first-order valence-electron chi connectivity index (χ1n) is 7.64. The van der Waals surface area contributed by atoms with E-state index in [1.54, 1.807) is 4.90 Å². The van der Waals surface area contributed by atoms with E-state index in [0.29, 0.717) is 6.42 Å². The fourth-order valence-electron chi connectivity index (χ4n) is 3.13. The third-order valence-corrected chi connectivity index (χ3v) is 7.38. The minimum absolute atomic E-state index is 0.0176. The molecule has 7 nitrogen and oxygen atoms in total. The molecule has 9 heteroatoms. The minimum Gasteiger partial charge on any atom is -0.343 e. The van der Waals surface area contributed by atoms with Crippen molar-refractivity contribution >= 4 is 25.8 Å². The molecule has 2 fully saturated rings. The lowest BCUT2D eigenvalue weighted by atomic mass is 10.1. The molecule has 2 aliphatic rings. The van der Waals surface area contributed by atoms with Crippen LogP contribution in [-0.2, 0) is 24.7 Å². The van der Waals surface area contributed by atoms with Crippen LogP contribution >= 0.6 is 0 Å². The Morgan fingerprint density at radius 1 is 1.23 bits per heavy atom. The molecule has 0 spiro atoms. The molecule has 0 aromatic carbocycles. The molecule has 1 amide bonds. The maximum atomic E-state index is 12.2. The summed E-state index contributed by atoms with van der Waals surface area (Å²) in [5.41, 5.74) is 0. The van der Waals surface area contributed by atoms with Gasteiger partial charge in [0.15, 0.2) is 9.84 Å². The van der Waals surface area contributed by atoms with Crippen LogP contribution in [0.1, 0.15) is 32.1 Å². The zero-order valence-electron chi connectivity index (χ0n) is 12.9. The predicted molar refractivity (Wildman–Crippen MR) is 83.7 cm³/mol. The van der Waals surface area contributed by atoms with E-state index in [9.17, 15) is 21.6 Å². The first-order chi connectivity index (χ1) is 10.2. The average Bonchev–Trinajstić information content (AvgIpc) is 2.78. The van der Waals surface area contributed by atoms with Crippen LogP contribution in [0.2, 0.25) is 0 Å². The van der Waals surface area contributed by atoms with Crippen LogP contribution in [0.5, 0.6) is 0 Å². The van der Waals surface area contributed by atoms with Gasteiger partial charge in [-0.3, -0.25) is 4.79 Å². The quantitative estimate of drug-likeness (QED) is 0.685. The number of carbonyl (C=O) groups is 1. The van der Waals surface area contributed by atoms with Crippen molar-refractivity contribution in [1.29, 1.82) is 0 Å². The third kappa shape index (κ3) is 4.66. The highest BCUT2D eigenvalue weighted by Gasteiger charge is 2.36. The van der Waals surface area contributed by atoms with E-state index in [1.165, 1.54) is 4.31 Å². The summed E-state index contributed by atoms with van der Waals surface area (Å²) in [5.74, 6) is -0.170. The van der Waals surface area contributed by atoms with E-state index in [2.05, 4.69) is 0 Å². The summed E-state index contributed by atoms with van der Waals surface area (Å²) in [4.78, 5) is 13.9. The highest BCUT2D eigenvalue weighted by molar-refractivity contribution is 7.92. The van der Waals surface area contributed by atoms with E-state index >= 15 is 0 Å². The van der Waals surface area contributed by atoms with Crippen LogP contribution in [0.15, 0.2) is 0 Å². The Labute approximate surface area is 132 Å². The second-order valence-corrected chi connectivity index (χ2v) is 10.3. The Morgan fingerprint density at radius 2 is 1.86 bits per heavy atom. The lowest BCUT2D eigenvalue weighted by Crippen LogP contribution is -2.43. The third-order valence-electron chi connectivity index (χ3n) is 4.30. The molecule has 128 valence electrons. The van der Waals surface area contributed by atoms with Crippen LogP contribution in [0.4, 0.5) is 0 Å². The molecule has 1 atom stereocenters. The van der Waals surface area contributed by atoms with Gasteiger partial charge in [-0.2, -0.15) is 4.31 Å². The lowest BCUT2D eigenvalue weighted by Gasteiger charge is -2.29. The molecule has 2 saturated heterocycles. The number of carbonyl (C=O) groups excluding carboxylic acids is 1. The molecule has 2 rings (SSSR count). The van der Waals surface area contributed by atoms with Gasteiger partial charge in [-0.05, 0) is 25.7 Å². The fourth-order valence-corrected chi connectivity index (χ4v) is 6.10. The Hall–Kier alpha value is -0.670. The Kier molecular flexibility index (Phi) is 5.50. The Morgan fingerprint density at radius 3 is 2.36 bits per heavy atom. The fraction of sp³-hybridized carbons (Fsp3) is 0.923. The van der Waals surface area contributed by atoms with Gasteiger partial charge < -0.3 is 4.90 Å². The minimum atomic E-state index is -3.53. The number of amides is 1. The summed E-state index contributed by atoms with van der Waals surface area (Å²) >= 11 is 0. The zero-order chi connectivity index (χ0) is 16.4. The topological polar surface area (TPSA) is 91.8 Å². The van der Waals surface area contributed by atoms with Crippen LogP contribution in [0, 0.1) is 0 Å². The number of hydrogen-bond donors (Lipinski definition) is 0. The molecule has 0 bridgehead atoms. The Balaban J connectivity index is 1.97.